The summed E-state index contributed by atoms with van der Waals surface area (Å²) in [6.45, 7) is 3.33. The molecule has 0 spiro atoms. The zero-order chi connectivity index (χ0) is 13.7. The van der Waals surface area contributed by atoms with E-state index < -0.39 is 4.92 Å². The van der Waals surface area contributed by atoms with Crippen LogP contribution >= 0.6 is 0 Å². The van der Waals surface area contributed by atoms with Gasteiger partial charge in [-0.1, -0.05) is 12.1 Å². The average molecular weight is 264 g/mol. The lowest BCUT2D eigenvalue weighted by molar-refractivity contribution is -0.384. The molecule has 1 aliphatic rings. The molecule has 0 saturated carbocycles. The molecular weight excluding hydrogens is 248 g/mol. The number of benzene rings is 1. The van der Waals surface area contributed by atoms with Crippen molar-refractivity contribution in [2.45, 2.75) is 6.42 Å². The van der Waals surface area contributed by atoms with Crippen molar-refractivity contribution < 1.29 is 14.5 Å². The summed E-state index contributed by atoms with van der Waals surface area (Å²) >= 11 is 0. The molecule has 1 saturated heterocycles. The fourth-order valence-electron chi connectivity index (χ4n) is 2.03. The summed E-state index contributed by atoms with van der Waals surface area (Å²) in [6.07, 6.45) is 0.315. The van der Waals surface area contributed by atoms with Crippen LogP contribution in [0.3, 0.4) is 0 Å². The molecule has 0 radical (unpaired) electrons. The molecule has 1 fully saturated rings. The number of nitrogens with zero attached hydrogens (tertiary/aromatic N) is 2. The summed E-state index contributed by atoms with van der Waals surface area (Å²) in [5, 5.41) is 10.5. The molecule has 1 aromatic rings. The number of ketones is 1. The fourth-order valence-corrected chi connectivity index (χ4v) is 2.03. The molecule has 0 atom stereocenters. The van der Waals surface area contributed by atoms with Crippen LogP contribution < -0.4 is 0 Å². The first kappa shape index (κ1) is 13.6. The van der Waals surface area contributed by atoms with Gasteiger partial charge < -0.3 is 4.74 Å². The minimum absolute atomic E-state index is 0.0457. The Bertz CT molecular complexity index is 452. The van der Waals surface area contributed by atoms with Crippen molar-refractivity contribution >= 4 is 11.5 Å². The molecular formula is C13H16N2O4. The Labute approximate surface area is 111 Å². The van der Waals surface area contributed by atoms with Crippen LogP contribution in [-0.2, 0) is 16.0 Å². The standard InChI is InChI=1S/C13H16N2O4/c16-13(10-14-5-7-19-8-6-14)9-11-1-3-12(4-2-11)15(17)18/h1-4H,5-10H2. The Kier molecular flexibility index (Phi) is 4.59. The lowest BCUT2D eigenvalue weighted by Crippen LogP contribution is -2.39. The fraction of sp³-hybridized carbons (Fsp3) is 0.462. The molecule has 102 valence electrons. The van der Waals surface area contributed by atoms with E-state index in [9.17, 15) is 14.9 Å². The Morgan fingerprint density at radius 1 is 1.26 bits per heavy atom. The van der Waals surface area contributed by atoms with Gasteiger partial charge in [-0.3, -0.25) is 19.8 Å². The number of ether oxygens (including phenoxy) is 1. The molecule has 0 N–H and O–H groups in total. The molecule has 2 rings (SSSR count). The van der Waals surface area contributed by atoms with Crippen molar-refractivity contribution in [1.82, 2.24) is 4.90 Å². The van der Waals surface area contributed by atoms with E-state index in [0.717, 1.165) is 18.7 Å². The van der Waals surface area contributed by atoms with Crippen molar-refractivity contribution in [3.63, 3.8) is 0 Å². The van der Waals surface area contributed by atoms with E-state index in [4.69, 9.17) is 4.74 Å². The normalized spacial score (nSPS) is 16.2. The number of rotatable bonds is 5. The molecule has 19 heavy (non-hydrogen) atoms. The van der Waals surface area contributed by atoms with Crippen molar-refractivity contribution in [1.29, 1.82) is 0 Å². The summed E-state index contributed by atoms with van der Waals surface area (Å²) in [6, 6.07) is 6.12. The zero-order valence-electron chi connectivity index (χ0n) is 10.6. The minimum Gasteiger partial charge on any atom is -0.379 e. The largest absolute Gasteiger partial charge is 0.379 e. The second-order valence-corrected chi connectivity index (χ2v) is 4.53. The monoisotopic (exact) mass is 264 g/mol. The van der Waals surface area contributed by atoms with Crippen LogP contribution in [0.5, 0.6) is 0 Å². The third-order valence-electron chi connectivity index (χ3n) is 3.05. The third kappa shape index (κ3) is 4.11. The van der Waals surface area contributed by atoms with E-state index in [1.807, 2.05) is 0 Å². The Hall–Kier alpha value is -1.79. The number of hydrogen-bond donors (Lipinski definition) is 0. The van der Waals surface area contributed by atoms with Gasteiger partial charge in [0.25, 0.3) is 5.69 Å². The summed E-state index contributed by atoms with van der Waals surface area (Å²) in [7, 11) is 0. The smallest absolute Gasteiger partial charge is 0.269 e. The van der Waals surface area contributed by atoms with E-state index in [1.165, 1.54) is 12.1 Å². The molecule has 0 bridgehead atoms. The first-order valence-electron chi connectivity index (χ1n) is 6.20. The number of carbonyl (C=O) groups excluding carboxylic acids is 1. The van der Waals surface area contributed by atoms with Crippen LogP contribution in [0, 0.1) is 10.1 Å². The van der Waals surface area contributed by atoms with E-state index in [1.54, 1.807) is 12.1 Å². The van der Waals surface area contributed by atoms with Gasteiger partial charge in [0.15, 0.2) is 5.78 Å². The van der Waals surface area contributed by atoms with Crippen molar-refractivity contribution in [3.05, 3.63) is 39.9 Å². The highest BCUT2D eigenvalue weighted by Gasteiger charge is 2.14. The van der Waals surface area contributed by atoms with Crippen LogP contribution in [0.1, 0.15) is 5.56 Å². The third-order valence-corrected chi connectivity index (χ3v) is 3.05. The van der Waals surface area contributed by atoms with E-state index in [2.05, 4.69) is 4.90 Å². The van der Waals surface area contributed by atoms with Gasteiger partial charge in [0.1, 0.15) is 0 Å². The van der Waals surface area contributed by atoms with E-state index >= 15 is 0 Å². The first-order chi connectivity index (χ1) is 9.15. The van der Waals surface area contributed by atoms with Crippen LogP contribution in [0.15, 0.2) is 24.3 Å². The van der Waals surface area contributed by atoms with Gasteiger partial charge in [0, 0.05) is 31.6 Å². The summed E-state index contributed by atoms with van der Waals surface area (Å²) < 4.78 is 5.22. The predicted molar refractivity (Wildman–Crippen MR) is 69.1 cm³/mol. The SMILES string of the molecule is O=C(Cc1ccc([N+](=O)[O-])cc1)CN1CCOCC1. The molecule has 0 aliphatic carbocycles. The van der Waals surface area contributed by atoms with Crippen LogP contribution in [0.2, 0.25) is 0 Å². The second-order valence-electron chi connectivity index (χ2n) is 4.53. The predicted octanol–water partition coefficient (Wildman–Crippen LogP) is 1.04. The molecule has 0 amide bonds. The highest BCUT2D eigenvalue weighted by Crippen LogP contribution is 2.12. The van der Waals surface area contributed by atoms with Gasteiger partial charge in [-0.15, -0.1) is 0 Å². The van der Waals surface area contributed by atoms with Crippen LogP contribution in [0.4, 0.5) is 5.69 Å². The molecule has 6 nitrogen and oxygen atoms in total. The maximum Gasteiger partial charge on any atom is 0.269 e. The Morgan fingerprint density at radius 3 is 2.47 bits per heavy atom. The lowest BCUT2D eigenvalue weighted by atomic mass is 10.1. The van der Waals surface area contributed by atoms with Gasteiger partial charge in [0.2, 0.25) is 0 Å². The number of carbonyl (C=O) groups is 1. The molecule has 0 unspecified atom stereocenters. The summed E-state index contributed by atoms with van der Waals surface area (Å²) in [5.41, 5.74) is 0.855. The number of nitro groups is 1. The van der Waals surface area contributed by atoms with E-state index in [-0.39, 0.29) is 11.5 Å². The van der Waals surface area contributed by atoms with Crippen molar-refractivity contribution in [2.24, 2.45) is 0 Å². The zero-order valence-corrected chi connectivity index (χ0v) is 10.6. The van der Waals surface area contributed by atoms with Gasteiger partial charge in [-0.05, 0) is 5.56 Å². The van der Waals surface area contributed by atoms with Crippen LogP contribution in [0.25, 0.3) is 0 Å². The maximum absolute atomic E-state index is 11.9. The topological polar surface area (TPSA) is 72.7 Å². The van der Waals surface area contributed by atoms with E-state index in [0.29, 0.717) is 26.2 Å². The number of Topliss-reactive ketones (excluding diaryl/α,β-unsaturated/α-hetero) is 1. The van der Waals surface area contributed by atoms with Crippen molar-refractivity contribution in [2.75, 3.05) is 32.8 Å². The maximum atomic E-state index is 11.9. The first-order valence-corrected chi connectivity index (χ1v) is 6.20. The van der Waals surface area contributed by atoms with Gasteiger partial charge in [-0.2, -0.15) is 0 Å². The Morgan fingerprint density at radius 2 is 1.89 bits per heavy atom. The highest BCUT2D eigenvalue weighted by atomic mass is 16.6. The minimum atomic E-state index is -0.445. The molecule has 1 aromatic carbocycles. The number of nitro benzene ring substituents is 1. The number of non-ortho nitro benzene ring substituents is 1. The molecule has 6 heteroatoms. The van der Waals surface area contributed by atoms with Crippen LogP contribution in [-0.4, -0.2) is 48.5 Å². The van der Waals surface area contributed by atoms with Gasteiger partial charge >= 0.3 is 0 Å². The summed E-state index contributed by atoms with van der Waals surface area (Å²) in [4.78, 5) is 24.0. The lowest BCUT2D eigenvalue weighted by Gasteiger charge is -2.25. The molecule has 1 heterocycles. The average Bonchev–Trinajstić information content (AvgIpc) is 2.40. The molecule has 0 aromatic heterocycles. The van der Waals surface area contributed by atoms with Gasteiger partial charge in [-0.25, -0.2) is 0 Å². The second kappa shape index (κ2) is 6.40. The van der Waals surface area contributed by atoms with Crippen molar-refractivity contribution in [3.8, 4) is 0 Å². The number of morpholine rings is 1. The quantitative estimate of drug-likeness (QED) is 0.587. The summed E-state index contributed by atoms with van der Waals surface area (Å²) in [5.74, 6) is 0.121. The van der Waals surface area contributed by atoms with Gasteiger partial charge in [0.05, 0.1) is 24.7 Å². The highest BCUT2D eigenvalue weighted by molar-refractivity contribution is 5.82. The number of hydrogen-bond acceptors (Lipinski definition) is 5. The Balaban J connectivity index is 1.85. The molecule has 1 aliphatic heterocycles.